The van der Waals surface area contributed by atoms with E-state index in [2.05, 4.69) is 32.2 Å². The lowest BCUT2D eigenvalue weighted by Gasteiger charge is -2.24. The average Bonchev–Trinajstić information content (AvgIpc) is 2.98. The number of hydrogen-bond acceptors (Lipinski definition) is 3. The Morgan fingerprint density at radius 3 is 2.83 bits per heavy atom. The Balaban J connectivity index is 1.62. The highest BCUT2D eigenvalue weighted by molar-refractivity contribution is 9.10. The smallest absolute Gasteiger partial charge is 0.107 e. The zero-order chi connectivity index (χ0) is 12.5. The minimum atomic E-state index is 0.699. The zero-order valence-corrected chi connectivity index (χ0v) is 13.5. The van der Waals surface area contributed by atoms with Crippen LogP contribution in [0.4, 0.5) is 0 Å². The standard InChI is InChI=1S/C13H18BrClN2S/c14-12-6-11(18-13(12)15)8-17(10-3-4-10)7-9-2-1-5-16-9/h6,9-10,16H,1-5,7-8H2. The first kappa shape index (κ1) is 13.4. The highest BCUT2D eigenvalue weighted by atomic mass is 79.9. The van der Waals surface area contributed by atoms with Crippen molar-refractivity contribution in [1.82, 2.24) is 10.2 Å². The molecule has 1 saturated heterocycles. The fourth-order valence-corrected chi connectivity index (χ4v) is 4.46. The van der Waals surface area contributed by atoms with Crippen LogP contribution in [-0.2, 0) is 6.54 Å². The van der Waals surface area contributed by atoms with Crippen LogP contribution in [0.5, 0.6) is 0 Å². The van der Waals surface area contributed by atoms with E-state index in [-0.39, 0.29) is 0 Å². The van der Waals surface area contributed by atoms with E-state index >= 15 is 0 Å². The quantitative estimate of drug-likeness (QED) is 0.868. The molecule has 1 unspecified atom stereocenters. The predicted molar refractivity (Wildman–Crippen MR) is 81.5 cm³/mol. The van der Waals surface area contributed by atoms with Crippen LogP contribution in [0.25, 0.3) is 0 Å². The molecule has 1 atom stereocenters. The summed E-state index contributed by atoms with van der Waals surface area (Å²) in [4.78, 5) is 4.01. The number of thiophene rings is 1. The van der Waals surface area contributed by atoms with Crippen molar-refractivity contribution >= 4 is 38.9 Å². The van der Waals surface area contributed by atoms with Gasteiger partial charge in [0.05, 0.1) is 0 Å². The Morgan fingerprint density at radius 1 is 1.44 bits per heavy atom. The van der Waals surface area contributed by atoms with Crippen LogP contribution in [0, 0.1) is 0 Å². The minimum Gasteiger partial charge on any atom is -0.313 e. The molecule has 0 bridgehead atoms. The molecule has 3 rings (SSSR count). The van der Waals surface area contributed by atoms with Crippen LogP contribution < -0.4 is 5.32 Å². The van der Waals surface area contributed by atoms with Gasteiger partial charge in [0.25, 0.3) is 0 Å². The number of hydrogen-bond donors (Lipinski definition) is 1. The molecule has 2 heterocycles. The Bertz CT molecular complexity index is 394. The molecule has 1 aliphatic heterocycles. The Morgan fingerprint density at radius 2 is 2.28 bits per heavy atom. The first-order valence-electron chi connectivity index (χ1n) is 6.63. The largest absolute Gasteiger partial charge is 0.313 e. The average molecular weight is 350 g/mol. The van der Waals surface area contributed by atoms with Crippen molar-refractivity contribution in [2.24, 2.45) is 0 Å². The van der Waals surface area contributed by atoms with Gasteiger partial charge in [-0.05, 0) is 54.2 Å². The summed E-state index contributed by atoms with van der Waals surface area (Å²) >= 11 is 11.3. The first-order chi connectivity index (χ1) is 8.72. The van der Waals surface area contributed by atoms with Gasteiger partial charge in [0, 0.05) is 34.5 Å². The minimum absolute atomic E-state index is 0.699. The van der Waals surface area contributed by atoms with Gasteiger partial charge < -0.3 is 5.32 Å². The number of nitrogens with zero attached hydrogens (tertiary/aromatic N) is 1. The molecule has 18 heavy (non-hydrogen) atoms. The van der Waals surface area contributed by atoms with Gasteiger partial charge in [-0.1, -0.05) is 11.6 Å². The van der Waals surface area contributed by atoms with Crippen LogP contribution in [0.2, 0.25) is 4.34 Å². The SMILES string of the molecule is Clc1sc(CN(CC2CCCN2)C2CC2)cc1Br. The molecule has 0 aromatic carbocycles. The van der Waals surface area contributed by atoms with Crippen molar-refractivity contribution in [3.63, 3.8) is 0 Å². The van der Waals surface area contributed by atoms with Gasteiger partial charge in [-0.25, -0.2) is 0 Å². The van der Waals surface area contributed by atoms with E-state index in [1.807, 2.05) is 0 Å². The van der Waals surface area contributed by atoms with Gasteiger partial charge in [-0.2, -0.15) is 0 Å². The monoisotopic (exact) mass is 348 g/mol. The van der Waals surface area contributed by atoms with Gasteiger partial charge in [-0.3, -0.25) is 4.90 Å². The molecule has 100 valence electrons. The van der Waals surface area contributed by atoms with E-state index in [0.717, 1.165) is 21.4 Å². The molecule has 5 heteroatoms. The van der Waals surface area contributed by atoms with E-state index in [9.17, 15) is 0 Å². The third kappa shape index (κ3) is 3.28. The second-order valence-electron chi connectivity index (χ2n) is 5.29. The summed E-state index contributed by atoms with van der Waals surface area (Å²) in [6.45, 7) is 3.44. The van der Waals surface area contributed by atoms with E-state index in [0.29, 0.717) is 6.04 Å². The molecular weight excluding hydrogens is 332 g/mol. The number of halogens is 2. The van der Waals surface area contributed by atoms with E-state index < -0.39 is 0 Å². The lowest BCUT2D eigenvalue weighted by molar-refractivity contribution is 0.233. The van der Waals surface area contributed by atoms with Gasteiger partial charge >= 0.3 is 0 Å². The maximum Gasteiger partial charge on any atom is 0.107 e. The van der Waals surface area contributed by atoms with Crippen molar-refractivity contribution in [3.05, 3.63) is 19.8 Å². The van der Waals surface area contributed by atoms with Crippen molar-refractivity contribution in [1.29, 1.82) is 0 Å². The molecule has 1 N–H and O–H groups in total. The molecular formula is C13H18BrClN2S. The Hall–Kier alpha value is 0.390. The summed E-state index contributed by atoms with van der Waals surface area (Å²) in [6, 6.07) is 3.68. The summed E-state index contributed by atoms with van der Waals surface area (Å²) in [5.41, 5.74) is 0. The summed E-state index contributed by atoms with van der Waals surface area (Å²) in [5.74, 6) is 0. The lowest BCUT2D eigenvalue weighted by atomic mass is 10.2. The molecule has 1 aliphatic carbocycles. The van der Waals surface area contributed by atoms with Crippen LogP contribution in [0.1, 0.15) is 30.6 Å². The zero-order valence-electron chi connectivity index (χ0n) is 10.3. The fourth-order valence-electron chi connectivity index (χ4n) is 2.65. The topological polar surface area (TPSA) is 15.3 Å². The molecule has 1 saturated carbocycles. The van der Waals surface area contributed by atoms with Gasteiger partial charge in [0.2, 0.25) is 0 Å². The summed E-state index contributed by atoms with van der Waals surface area (Å²) in [7, 11) is 0. The maximum absolute atomic E-state index is 6.12. The van der Waals surface area contributed by atoms with Gasteiger partial charge in [0.15, 0.2) is 0 Å². The highest BCUT2D eigenvalue weighted by Crippen LogP contribution is 2.35. The van der Waals surface area contributed by atoms with Crippen LogP contribution in [0.3, 0.4) is 0 Å². The predicted octanol–water partition coefficient (Wildman–Crippen LogP) is 3.88. The second kappa shape index (κ2) is 5.80. The first-order valence-corrected chi connectivity index (χ1v) is 8.62. The molecule has 2 fully saturated rings. The van der Waals surface area contributed by atoms with Crippen molar-refractivity contribution in [3.8, 4) is 0 Å². The molecule has 0 radical (unpaired) electrons. The fraction of sp³-hybridized carbons (Fsp3) is 0.692. The van der Waals surface area contributed by atoms with Gasteiger partial charge in [-0.15, -0.1) is 11.3 Å². The molecule has 0 amide bonds. The lowest BCUT2D eigenvalue weighted by Crippen LogP contribution is -2.38. The molecule has 1 aromatic heterocycles. The van der Waals surface area contributed by atoms with Crippen molar-refractivity contribution in [2.75, 3.05) is 13.1 Å². The summed E-state index contributed by atoms with van der Waals surface area (Å²) < 4.78 is 1.92. The third-order valence-corrected chi connectivity index (χ3v) is 6.20. The Kier molecular flexibility index (Phi) is 4.31. The van der Waals surface area contributed by atoms with Crippen LogP contribution >= 0.6 is 38.9 Å². The maximum atomic E-state index is 6.12. The molecule has 2 aliphatic rings. The third-order valence-electron chi connectivity index (χ3n) is 3.74. The second-order valence-corrected chi connectivity index (χ2v) is 7.88. The van der Waals surface area contributed by atoms with E-state index in [1.54, 1.807) is 11.3 Å². The summed E-state index contributed by atoms with van der Waals surface area (Å²) in [5, 5.41) is 3.60. The number of rotatable bonds is 5. The number of nitrogens with one attached hydrogen (secondary N) is 1. The van der Waals surface area contributed by atoms with Crippen LogP contribution in [0.15, 0.2) is 10.5 Å². The van der Waals surface area contributed by atoms with Crippen molar-refractivity contribution < 1.29 is 0 Å². The van der Waals surface area contributed by atoms with E-state index in [4.69, 9.17) is 11.6 Å². The molecule has 0 spiro atoms. The van der Waals surface area contributed by atoms with E-state index in [1.165, 1.54) is 43.6 Å². The molecule has 1 aromatic rings. The highest BCUT2D eigenvalue weighted by Gasteiger charge is 2.31. The van der Waals surface area contributed by atoms with Crippen LogP contribution in [-0.4, -0.2) is 30.1 Å². The van der Waals surface area contributed by atoms with Gasteiger partial charge in [0.1, 0.15) is 4.34 Å². The molecule has 2 nitrogen and oxygen atoms in total. The Labute approximate surface area is 126 Å². The summed E-state index contributed by atoms with van der Waals surface area (Å²) in [6.07, 6.45) is 5.40. The van der Waals surface area contributed by atoms with Crippen molar-refractivity contribution in [2.45, 2.75) is 44.3 Å². The normalized spacial score (nSPS) is 24.1.